The highest BCUT2D eigenvalue weighted by atomic mass is 16.1. The zero-order chi connectivity index (χ0) is 16.4. The van der Waals surface area contributed by atoms with Gasteiger partial charge in [0.25, 0.3) is 0 Å². The summed E-state index contributed by atoms with van der Waals surface area (Å²) >= 11 is 0. The van der Waals surface area contributed by atoms with E-state index in [2.05, 4.69) is 41.7 Å². The number of carbonyl (C=O) groups is 1. The highest BCUT2D eigenvalue weighted by Gasteiger charge is 2.18. The number of hydrogen-bond acceptors (Lipinski definition) is 2. The van der Waals surface area contributed by atoms with Crippen LogP contribution in [0.25, 0.3) is 0 Å². The van der Waals surface area contributed by atoms with Crippen LogP contribution in [0, 0.1) is 5.92 Å². The Morgan fingerprint density at radius 2 is 1.91 bits per heavy atom. The molecule has 0 aliphatic heterocycles. The molecule has 0 heterocycles. The van der Waals surface area contributed by atoms with E-state index >= 15 is 0 Å². The van der Waals surface area contributed by atoms with E-state index in [4.69, 9.17) is 0 Å². The summed E-state index contributed by atoms with van der Waals surface area (Å²) in [5.41, 5.74) is 0. The van der Waals surface area contributed by atoms with Crippen molar-refractivity contribution in [2.75, 3.05) is 13.1 Å². The Bertz CT molecular complexity index is 349. The van der Waals surface area contributed by atoms with Crippen molar-refractivity contribution in [3.8, 4) is 0 Å². The Morgan fingerprint density at radius 3 is 2.50 bits per heavy atom. The Kier molecular flexibility index (Phi) is 8.94. The second-order valence-corrected chi connectivity index (χ2v) is 6.49. The number of nitrogens with one attached hydrogen (secondary N) is 3. The lowest BCUT2D eigenvalue weighted by Gasteiger charge is -2.28. The van der Waals surface area contributed by atoms with E-state index in [0.717, 1.165) is 24.8 Å². The monoisotopic (exact) mass is 310 g/mol. The van der Waals surface area contributed by atoms with Crippen molar-refractivity contribution in [2.24, 2.45) is 10.9 Å². The summed E-state index contributed by atoms with van der Waals surface area (Å²) in [5.74, 6) is 1.78. The van der Waals surface area contributed by atoms with Crippen molar-refractivity contribution < 1.29 is 4.79 Å². The predicted octanol–water partition coefficient (Wildman–Crippen LogP) is 2.42. The summed E-state index contributed by atoms with van der Waals surface area (Å²) in [7, 11) is 0. The Morgan fingerprint density at radius 1 is 1.23 bits per heavy atom. The molecule has 0 aromatic heterocycles. The van der Waals surface area contributed by atoms with Gasteiger partial charge in [-0.3, -0.25) is 9.79 Å². The topological polar surface area (TPSA) is 65.5 Å². The first-order valence-electron chi connectivity index (χ1n) is 8.89. The molecule has 1 unspecified atom stereocenters. The van der Waals surface area contributed by atoms with Gasteiger partial charge in [-0.2, -0.15) is 0 Å². The largest absolute Gasteiger partial charge is 0.357 e. The number of amides is 1. The van der Waals surface area contributed by atoms with Gasteiger partial charge in [-0.1, -0.05) is 13.8 Å². The molecule has 1 aliphatic carbocycles. The number of nitrogens with zero attached hydrogens (tertiary/aromatic N) is 1. The van der Waals surface area contributed by atoms with Crippen LogP contribution in [0.15, 0.2) is 4.99 Å². The lowest BCUT2D eigenvalue weighted by molar-refractivity contribution is -0.121. The maximum atomic E-state index is 11.8. The fourth-order valence-electron chi connectivity index (χ4n) is 2.64. The lowest BCUT2D eigenvalue weighted by atomic mass is 9.87. The van der Waals surface area contributed by atoms with E-state index in [1.807, 2.05) is 6.92 Å². The van der Waals surface area contributed by atoms with Crippen LogP contribution >= 0.6 is 0 Å². The van der Waals surface area contributed by atoms with Crippen LogP contribution in [-0.2, 0) is 4.79 Å². The standard InChI is InChI=1S/C17H34N4O/c1-5-14(4)20-16(22)11-12-19-17(18-6-2)21-15-9-7-13(3)8-10-15/h13-15H,5-12H2,1-4H3,(H,20,22)(H2,18,19,21). The van der Waals surface area contributed by atoms with E-state index in [1.165, 1.54) is 25.7 Å². The van der Waals surface area contributed by atoms with Gasteiger partial charge in [0.1, 0.15) is 0 Å². The molecular formula is C17H34N4O. The van der Waals surface area contributed by atoms with E-state index in [0.29, 0.717) is 19.0 Å². The zero-order valence-corrected chi connectivity index (χ0v) is 14.7. The normalized spacial score (nSPS) is 23.7. The fraction of sp³-hybridized carbons (Fsp3) is 0.882. The smallest absolute Gasteiger partial charge is 0.222 e. The summed E-state index contributed by atoms with van der Waals surface area (Å²) in [6, 6.07) is 0.759. The van der Waals surface area contributed by atoms with Crippen LogP contribution in [0.5, 0.6) is 0 Å². The summed E-state index contributed by atoms with van der Waals surface area (Å²) in [5, 5.41) is 9.76. The molecule has 128 valence electrons. The minimum absolute atomic E-state index is 0.0837. The molecule has 0 spiro atoms. The van der Waals surface area contributed by atoms with Gasteiger partial charge in [0.15, 0.2) is 5.96 Å². The molecule has 5 nitrogen and oxygen atoms in total. The summed E-state index contributed by atoms with van der Waals surface area (Å²) in [4.78, 5) is 16.3. The molecular weight excluding hydrogens is 276 g/mol. The molecule has 1 saturated carbocycles. The molecule has 0 saturated heterocycles. The van der Waals surface area contributed by atoms with Gasteiger partial charge in [-0.15, -0.1) is 0 Å². The average molecular weight is 310 g/mol. The molecule has 22 heavy (non-hydrogen) atoms. The SMILES string of the molecule is CCNC(=NCCC(=O)NC(C)CC)NC1CCC(C)CC1. The zero-order valence-electron chi connectivity index (χ0n) is 14.7. The predicted molar refractivity (Wildman–Crippen MR) is 93.0 cm³/mol. The third kappa shape index (κ3) is 7.66. The van der Waals surface area contributed by atoms with Crippen LogP contribution in [-0.4, -0.2) is 37.0 Å². The highest BCUT2D eigenvalue weighted by molar-refractivity contribution is 5.81. The number of aliphatic imine (C=N–C) groups is 1. The molecule has 1 rings (SSSR count). The molecule has 0 aromatic carbocycles. The minimum Gasteiger partial charge on any atom is -0.357 e. The van der Waals surface area contributed by atoms with Crippen molar-refractivity contribution in [1.82, 2.24) is 16.0 Å². The summed E-state index contributed by atoms with van der Waals surface area (Å²) < 4.78 is 0. The second kappa shape index (κ2) is 10.5. The van der Waals surface area contributed by atoms with Crippen LogP contribution in [0.3, 0.4) is 0 Å². The van der Waals surface area contributed by atoms with Crippen molar-refractivity contribution in [1.29, 1.82) is 0 Å². The van der Waals surface area contributed by atoms with Gasteiger partial charge >= 0.3 is 0 Å². The maximum Gasteiger partial charge on any atom is 0.222 e. The van der Waals surface area contributed by atoms with Crippen molar-refractivity contribution in [3.63, 3.8) is 0 Å². The number of rotatable bonds is 7. The molecule has 5 heteroatoms. The van der Waals surface area contributed by atoms with E-state index in [9.17, 15) is 4.79 Å². The molecule has 1 atom stereocenters. The first-order valence-corrected chi connectivity index (χ1v) is 8.89. The third-order valence-electron chi connectivity index (χ3n) is 4.33. The van der Waals surface area contributed by atoms with Crippen LogP contribution in [0.4, 0.5) is 0 Å². The third-order valence-corrected chi connectivity index (χ3v) is 4.33. The molecule has 3 N–H and O–H groups in total. The summed E-state index contributed by atoms with van der Waals surface area (Å²) in [6.45, 7) is 9.86. The van der Waals surface area contributed by atoms with Gasteiger partial charge in [0.05, 0.1) is 6.54 Å². The molecule has 0 bridgehead atoms. The van der Waals surface area contributed by atoms with Crippen LogP contribution in [0.2, 0.25) is 0 Å². The minimum atomic E-state index is 0.0837. The molecule has 0 radical (unpaired) electrons. The highest BCUT2D eigenvalue weighted by Crippen LogP contribution is 2.23. The fourth-order valence-corrected chi connectivity index (χ4v) is 2.64. The van der Waals surface area contributed by atoms with Gasteiger partial charge in [0, 0.05) is 25.0 Å². The first-order chi connectivity index (χ1) is 10.5. The lowest BCUT2D eigenvalue weighted by Crippen LogP contribution is -2.45. The molecule has 1 aliphatic rings. The Balaban J connectivity index is 2.36. The average Bonchev–Trinajstić information content (AvgIpc) is 2.49. The first kappa shape index (κ1) is 18.8. The summed E-state index contributed by atoms with van der Waals surface area (Å²) in [6.07, 6.45) is 6.39. The number of guanidine groups is 1. The molecule has 1 fully saturated rings. The van der Waals surface area contributed by atoms with Crippen molar-refractivity contribution >= 4 is 11.9 Å². The van der Waals surface area contributed by atoms with Gasteiger partial charge in [0.2, 0.25) is 5.91 Å². The second-order valence-electron chi connectivity index (χ2n) is 6.49. The number of hydrogen-bond donors (Lipinski definition) is 3. The molecule has 0 aromatic rings. The van der Waals surface area contributed by atoms with Crippen LogP contribution in [0.1, 0.15) is 66.2 Å². The van der Waals surface area contributed by atoms with Gasteiger partial charge in [-0.25, -0.2) is 0 Å². The van der Waals surface area contributed by atoms with Crippen molar-refractivity contribution in [2.45, 2.75) is 78.3 Å². The quantitative estimate of drug-likeness (QED) is 0.500. The van der Waals surface area contributed by atoms with Crippen molar-refractivity contribution in [3.05, 3.63) is 0 Å². The van der Waals surface area contributed by atoms with E-state index < -0.39 is 0 Å². The van der Waals surface area contributed by atoms with E-state index in [-0.39, 0.29) is 11.9 Å². The van der Waals surface area contributed by atoms with Gasteiger partial charge in [-0.05, 0) is 51.9 Å². The molecule has 1 amide bonds. The Labute approximate surface area is 135 Å². The maximum absolute atomic E-state index is 11.8. The van der Waals surface area contributed by atoms with Crippen LogP contribution < -0.4 is 16.0 Å². The van der Waals surface area contributed by atoms with E-state index in [1.54, 1.807) is 0 Å². The number of carbonyl (C=O) groups excluding carboxylic acids is 1. The van der Waals surface area contributed by atoms with Gasteiger partial charge < -0.3 is 16.0 Å². The Hall–Kier alpha value is -1.26.